The lowest BCUT2D eigenvalue weighted by molar-refractivity contribution is 0.381. The summed E-state index contributed by atoms with van der Waals surface area (Å²) >= 11 is 0. The average molecular weight is 224 g/mol. The maximum Gasteiger partial charge on any atom is 0.216 e. The molecule has 1 saturated heterocycles. The van der Waals surface area contributed by atoms with Crippen LogP contribution in [0.15, 0.2) is 4.42 Å². The first kappa shape index (κ1) is 11.5. The summed E-state index contributed by atoms with van der Waals surface area (Å²) in [7, 11) is 0. The number of rotatable bonds is 5. The Hall–Kier alpha value is -0.940. The van der Waals surface area contributed by atoms with E-state index < -0.39 is 0 Å². The van der Waals surface area contributed by atoms with Gasteiger partial charge in [-0.25, -0.2) is 0 Å². The summed E-state index contributed by atoms with van der Waals surface area (Å²) < 4.78 is 5.32. The molecule has 1 aliphatic heterocycles. The summed E-state index contributed by atoms with van der Waals surface area (Å²) in [6.45, 7) is 5.14. The van der Waals surface area contributed by atoms with Gasteiger partial charge in [-0.05, 0) is 38.9 Å². The predicted molar refractivity (Wildman–Crippen MR) is 61.3 cm³/mol. The van der Waals surface area contributed by atoms with Crippen molar-refractivity contribution >= 4 is 0 Å². The molecule has 0 amide bonds. The van der Waals surface area contributed by atoms with Crippen LogP contribution in [-0.4, -0.2) is 35.9 Å². The first-order valence-corrected chi connectivity index (χ1v) is 6.07. The topological polar surface area (TPSA) is 63.0 Å². The quantitative estimate of drug-likeness (QED) is 0.719. The van der Waals surface area contributed by atoms with Crippen LogP contribution in [0.2, 0.25) is 0 Å². The molecule has 0 radical (unpaired) electrons. The average Bonchev–Trinajstić information content (AvgIpc) is 2.72. The van der Waals surface area contributed by atoms with Gasteiger partial charge < -0.3 is 15.1 Å². The number of hydrogen-bond donors (Lipinski definition) is 2. The molecule has 90 valence electrons. The summed E-state index contributed by atoms with van der Waals surface area (Å²) in [6, 6.07) is 0.686. The van der Waals surface area contributed by atoms with E-state index in [2.05, 4.69) is 20.8 Å². The highest BCUT2D eigenvalue weighted by Crippen LogP contribution is 2.03. The lowest BCUT2D eigenvalue weighted by Crippen LogP contribution is -2.40. The number of nitrogens with zero attached hydrogens (tertiary/aromatic N) is 2. The van der Waals surface area contributed by atoms with Crippen molar-refractivity contribution in [3.05, 3.63) is 11.8 Å². The molecule has 5 nitrogen and oxygen atoms in total. The summed E-state index contributed by atoms with van der Waals surface area (Å²) in [6.07, 6.45) is 4.41. The normalized spacial score (nSPS) is 17.8. The molecular formula is C11H20N4O. The van der Waals surface area contributed by atoms with Gasteiger partial charge in [-0.15, -0.1) is 10.2 Å². The smallest absolute Gasteiger partial charge is 0.216 e. The molecule has 0 spiro atoms. The van der Waals surface area contributed by atoms with Gasteiger partial charge in [0.05, 0.1) is 0 Å². The van der Waals surface area contributed by atoms with Crippen molar-refractivity contribution < 1.29 is 4.42 Å². The van der Waals surface area contributed by atoms with Crippen LogP contribution in [0, 0.1) is 6.92 Å². The lowest BCUT2D eigenvalue weighted by Gasteiger charge is -2.23. The van der Waals surface area contributed by atoms with E-state index in [9.17, 15) is 0 Å². The van der Waals surface area contributed by atoms with Crippen molar-refractivity contribution in [1.29, 1.82) is 0 Å². The summed E-state index contributed by atoms with van der Waals surface area (Å²) in [5.41, 5.74) is 0. The monoisotopic (exact) mass is 224 g/mol. The minimum atomic E-state index is 0.654. The molecule has 16 heavy (non-hydrogen) atoms. The number of aromatic nitrogens is 2. The SMILES string of the molecule is Cc1nnc(CCCNC2CCNCC2)o1. The van der Waals surface area contributed by atoms with Gasteiger partial charge in [-0.3, -0.25) is 0 Å². The van der Waals surface area contributed by atoms with E-state index in [-0.39, 0.29) is 0 Å². The van der Waals surface area contributed by atoms with Crippen molar-refractivity contribution in [3.63, 3.8) is 0 Å². The Labute approximate surface area is 96.0 Å². The molecule has 1 aromatic heterocycles. The Morgan fingerprint density at radius 3 is 2.88 bits per heavy atom. The third-order valence-corrected chi connectivity index (χ3v) is 2.91. The van der Waals surface area contributed by atoms with Gasteiger partial charge in [0, 0.05) is 19.4 Å². The van der Waals surface area contributed by atoms with Crippen molar-refractivity contribution in [2.24, 2.45) is 0 Å². The maximum absolute atomic E-state index is 5.32. The van der Waals surface area contributed by atoms with E-state index in [1.807, 2.05) is 6.92 Å². The van der Waals surface area contributed by atoms with E-state index in [0.29, 0.717) is 11.9 Å². The Balaban J connectivity index is 1.57. The van der Waals surface area contributed by atoms with E-state index in [1.54, 1.807) is 0 Å². The highest BCUT2D eigenvalue weighted by atomic mass is 16.4. The molecule has 5 heteroatoms. The fraction of sp³-hybridized carbons (Fsp3) is 0.818. The molecule has 0 aromatic carbocycles. The molecular weight excluding hydrogens is 204 g/mol. The number of hydrogen-bond acceptors (Lipinski definition) is 5. The maximum atomic E-state index is 5.32. The van der Waals surface area contributed by atoms with Gasteiger partial charge in [-0.2, -0.15) is 0 Å². The number of nitrogens with one attached hydrogen (secondary N) is 2. The van der Waals surface area contributed by atoms with Gasteiger partial charge in [0.15, 0.2) is 0 Å². The first-order valence-electron chi connectivity index (χ1n) is 6.07. The molecule has 2 N–H and O–H groups in total. The van der Waals surface area contributed by atoms with Crippen LogP contribution in [0.1, 0.15) is 31.0 Å². The highest BCUT2D eigenvalue weighted by Gasteiger charge is 2.11. The Bertz CT molecular complexity index is 307. The lowest BCUT2D eigenvalue weighted by atomic mass is 10.1. The second kappa shape index (κ2) is 5.96. The second-order valence-electron chi connectivity index (χ2n) is 4.30. The third-order valence-electron chi connectivity index (χ3n) is 2.91. The predicted octanol–water partition coefficient (Wildman–Crippen LogP) is 0.652. The molecule has 1 aliphatic rings. The molecule has 0 bridgehead atoms. The number of aryl methyl sites for hydroxylation is 2. The minimum Gasteiger partial charge on any atom is -0.426 e. The minimum absolute atomic E-state index is 0.654. The van der Waals surface area contributed by atoms with E-state index in [0.717, 1.165) is 38.4 Å². The number of piperidine rings is 1. The Morgan fingerprint density at radius 1 is 1.38 bits per heavy atom. The van der Waals surface area contributed by atoms with Gasteiger partial charge in [-0.1, -0.05) is 0 Å². The summed E-state index contributed by atoms with van der Waals surface area (Å²) in [5, 5.41) is 14.7. The van der Waals surface area contributed by atoms with Crippen molar-refractivity contribution in [1.82, 2.24) is 20.8 Å². The van der Waals surface area contributed by atoms with Crippen LogP contribution < -0.4 is 10.6 Å². The molecule has 0 unspecified atom stereocenters. The van der Waals surface area contributed by atoms with Crippen LogP contribution in [0.4, 0.5) is 0 Å². The van der Waals surface area contributed by atoms with Gasteiger partial charge in [0.25, 0.3) is 0 Å². The third kappa shape index (κ3) is 3.57. The zero-order valence-electron chi connectivity index (χ0n) is 9.83. The highest BCUT2D eigenvalue weighted by molar-refractivity contribution is 4.80. The zero-order valence-corrected chi connectivity index (χ0v) is 9.83. The van der Waals surface area contributed by atoms with Crippen LogP contribution in [0.5, 0.6) is 0 Å². The molecule has 1 fully saturated rings. The first-order chi connectivity index (χ1) is 7.84. The largest absolute Gasteiger partial charge is 0.426 e. The van der Waals surface area contributed by atoms with Crippen LogP contribution in [0.3, 0.4) is 0 Å². The van der Waals surface area contributed by atoms with Crippen molar-refractivity contribution in [2.45, 2.75) is 38.6 Å². The van der Waals surface area contributed by atoms with Gasteiger partial charge in [0.2, 0.25) is 11.8 Å². The van der Waals surface area contributed by atoms with Gasteiger partial charge in [0.1, 0.15) is 0 Å². The van der Waals surface area contributed by atoms with Crippen LogP contribution in [0.25, 0.3) is 0 Å². The molecule has 2 rings (SSSR count). The van der Waals surface area contributed by atoms with E-state index in [1.165, 1.54) is 12.8 Å². The summed E-state index contributed by atoms with van der Waals surface area (Å²) in [5.74, 6) is 1.41. The molecule has 1 aromatic rings. The van der Waals surface area contributed by atoms with E-state index in [4.69, 9.17) is 4.42 Å². The second-order valence-corrected chi connectivity index (χ2v) is 4.30. The Morgan fingerprint density at radius 2 is 2.19 bits per heavy atom. The van der Waals surface area contributed by atoms with Crippen LogP contribution in [-0.2, 0) is 6.42 Å². The molecule has 0 atom stereocenters. The fourth-order valence-electron chi connectivity index (χ4n) is 2.01. The molecule has 0 aliphatic carbocycles. The Kier molecular flexibility index (Phi) is 4.30. The van der Waals surface area contributed by atoms with Crippen molar-refractivity contribution in [3.8, 4) is 0 Å². The van der Waals surface area contributed by atoms with E-state index >= 15 is 0 Å². The standard InChI is InChI=1S/C11H20N4O/c1-9-14-15-11(16-9)3-2-6-13-10-4-7-12-8-5-10/h10,12-13H,2-8H2,1H3. The molecule has 2 heterocycles. The fourth-order valence-corrected chi connectivity index (χ4v) is 2.01. The zero-order chi connectivity index (χ0) is 11.2. The van der Waals surface area contributed by atoms with Gasteiger partial charge >= 0.3 is 0 Å². The van der Waals surface area contributed by atoms with Crippen molar-refractivity contribution in [2.75, 3.05) is 19.6 Å². The molecule has 0 saturated carbocycles. The summed E-state index contributed by atoms with van der Waals surface area (Å²) in [4.78, 5) is 0. The van der Waals surface area contributed by atoms with Crippen LogP contribution >= 0.6 is 0 Å².